The molecule has 1 unspecified atom stereocenters. The van der Waals surface area contributed by atoms with Crippen molar-refractivity contribution in [2.24, 2.45) is 5.92 Å². The molecule has 202 valence electrons. The Morgan fingerprint density at radius 2 is 1.84 bits per heavy atom. The predicted molar refractivity (Wildman–Crippen MR) is 134 cm³/mol. The molecule has 7 nitrogen and oxygen atoms in total. The summed E-state index contributed by atoms with van der Waals surface area (Å²) >= 11 is 5.99. The summed E-state index contributed by atoms with van der Waals surface area (Å²) in [5.74, 6) is -0.911. The number of nitrogens with one attached hydrogen (secondary N) is 2. The first-order chi connectivity index (χ1) is 17.3. The van der Waals surface area contributed by atoms with E-state index in [4.69, 9.17) is 11.6 Å². The molecule has 2 aromatic carbocycles. The van der Waals surface area contributed by atoms with Crippen molar-refractivity contribution in [2.45, 2.75) is 44.4 Å². The summed E-state index contributed by atoms with van der Waals surface area (Å²) in [6, 6.07) is 7.61. The highest BCUT2D eigenvalue weighted by Gasteiger charge is 2.35. The Kier molecular flexibility index (Phi) is 9.25. The second kappa shape index (κ2) is 11.8. The molecule has 37 heavy (non-hydrogen) atoms. The van der Waals surface area contributed by atoms with E-state index in [-0.39, 0.29) is 57.3 Å². The molecule has 0 aromatic heterocycles. The van der Waals surface area contributed by atoms with Gasteiger partial charge in [0.1, 0.15) is 0 Å². The maximum absolute atomic E-state index is 13.9. The SMILES string of the molecule is CCS(=O)(=O)c1ccc(Cl)cc1CNC(=O)c1ccc(CN2CCC(CNC(C)=O)C2)c(C(F)(F)F)c1. The highest BCUT2D eigenvalue weighted by Crippen LogP contribution is 2.34. The minimum absolute atomic E-state index is 0.00782. The van der Waals surface area contributed by atoms with Crippen LogP contribution in [-0.2, 0) is 33.9 Å². The van der Waals surface area contributed by atoms with Crippen LogP contribution in [0.2, 0.25) is 5.02 Å². The monoisotopic (exact) mass is 559 g/mol. The van der Waals surface area contributed by atoms with Crippen LogP contribution in [0.5, 0.6) is 0 Å². The van der Waals surface area contributed by atoms with E-state index >= 15 is 0 Å². The zero-order valence-corrected chi connectivity index (χ0v) is 22.1. The van der Waals surface area contributed by atoms with E-state index in [1.807, 2.05) is 4.90 Å². The second-order valence-corrected chi connectivity index (χ2v) is 11.7. The molecule has 1 aliphatic rings. The molecule has 1 heterocycles. The lowest BCUT2D eigenvalue weighted by Gasteiger charge is -2.20. The first-order valence-corrected chi connectivity index (χ1v) is 13.8. The molecule has 12 heteroatoms. The third kappa shape index (κ3) is 7.68. The van der Waals surface area contributed by atoms with Gasteiger partial charge in [0.15, 0.2) is 9.84 Å². The van der Waals surface area contributed by atoms with E-state index in [9.17, 15) is 31.2 Å². The average Bonchev–Trinajstić information content (AvgIpc) is 3.28. The zero-order chi connectivity index (χ0) is 27.4. The van der Waals surface area contributed by atoms with Crippen LogP contribution in [0.1, 0.15) is 47.3 Å². The van der Waals surface area contributed by atoms with Gasteiger partial charge in [-0.2, -0.15) is 13.2 Å². The van der Waals surface area contributed by atoms with Crippen molar-refractivity contribution in [3.8, 4) is 0 Å². The van der Waals surface area contributed by atoms with E-state index in [1.54, 1.807) is 0 Å². The largest absolute Gasteiger partial charge is 0.416 e. The summed E-state index contributed by atoms with van der Waals surface area (Å²) in [7, 11) is -3.60. The van der Waals surface area contributed by atoms with Crippen molar-refractivity contribution in [2.75, 3.05) is 25.4 Å². The van der Waals surface area contributed by atoms with Crippen molar-refractivity contribution in [3.05, 3.63) is 63.7 Å². The van der Waals surface area contributed by atoms with E-state index in [0.29, 0.717) is 19.6 Å². The molecule has 3 rings (SSSR count). The predicted octanol–water partition coefficient (Wildman–Crippen LogP) is 4.04. The molecule has 0 radical (unpaired) electrons. The molecule has 2 amide bonds. The van der Waals surface area contributed by atoms with Gasteiger partial charge in [-0.3, -0.25) is 14.5 Å². The van der Waals surface area contributed by atoms with Crippen LogP contribution < -0.4 is 10.6 Å². The molecular formula is C25H29ClF3N3O4S. The number of nitrogens with zero attached hydrogens (tertiary/aromatic N) is 1. The minimum Gasteiger partial charge on any atom is -0.356 e. The van der Waals surface area contributed by atoms with Gasteiger partial charge in [0.25, 0.3) is 5.91 Å². The number of sulfone groups is 1. The third-order valence-electron chi connectivity index (χ3n) is 6.26. The Morgan fingerprint density at radius 1 is 1.11 bits per heavy atom. The van der Waals surface area contributed by atoms with Gasteiger partial charge in [-0.15, -0.1) is 0 Å². The molecule has 1 fully saturated rings. The number of halogens is 4. The van der Waals surface area contributed by atoms with Gasteiger partial charge in [-0.05, 0) is 60.3 Å². The van der Waals surface area contributed by atoms with Crippen LogP contribution in [0.25, 0.3) is 0 Å². The molecule has 2 N–H and O–H groups in total. The number of carbonyl (C=O) groups is 2. The number of benzene rings is 2. The summed E-state index contributed by atoms with van der Waals surface area (Å²) in [5, 5.41) is 5.51. The van der Waals surface area contributed by atoms with Gasteiger partial charge in [-0.1, -0.05) is 24.6 Å². The number of rotatable bonds is 9. The Bertz CT molecular complexity index is 1270. The second-order valence-electron chi connectivity index (χ2n) is 9.03. The molecule has 1 saturated heterocycles. The van der Waals surface area contributed by atoms with E-state index in [0.717, 1.165) is 12.5 Å². The van der Waals surface area contributed by atoms with Crippen molar-refractivity contribution < 1.29 is 31.2 Å². The molecule has 0 aliphatic carbocycles. The van der Waals surface area contributed by atoms with Crippen LogP contribution in [0.4, 0.5) is 13.2 Å². The first kappa shape index (κ1) is 28.9. The zero-order valence-electron chi connectivity index (χ0n) is 20.5. The van der Waals surface area contributed by atoms with Gasteiger partial charge in [0.05, 0.1) is 16.2 Å². The lowest BCUT2D eigenvalue weighted by molar-refractivity contribution is -0.138. The van der Waals surface area contributed by atoms with Crippen molar-refractivity contribution in [1.29, 1.82) is 0 Å². The molecular weight excluding hydrogens is 531 g/mol. The maximum atomic E-state index is 13.9. The lowest BCUT2D eigenvalue weighted by atomic mass is 10.0. The van der Waals surface area contributed by atoms with Crippen molar-refractivity contribution in [3.63, 3.8) is 0 Å². The van der Waals surface area contributed by atoms with E-state index in [2.05, 4.69) is 10.6 Å². The molecule has 0 bridgehead atoms. The smallest absolute Gasteiger partial charge is 0.356 e. The highest BCUT2D eigenvalue weighted by molar-refractivity contribution is 7.91. The van der Waals surface area contributed by atoms with Crippen LogP contribution in [0.15, 0.2) is 41.3 Å². The van der Waals surface area contributed by atoms with Crippen LogP contribution in [-0.4, -0.2) is 50.5 Å². The molecule has 1 atom stereocenters. The van der Waals surface area contributed by atoms with Gasteiger partial charge in [0, 0.05) is 43.7 Å². The molecule has 2 aromatic rings. The molecule has 1 aliphatic heterocycles. The average molecular weight is 560 g/mol. The summed E-state index contributed by atoms with van der Waals surface area (Å²) in [6.07, 6.45) is -3.91. The van der Waals surface area contributed by atoms with Crippen LogP contribution in [0, 0.1) is 5.92 Å². The van der Waals surface area contributed by atoms with Gasteiger partial charge in [-0.25, -0.2) is 8.42 Å². The van der Waals surface area contributed by atoms with Gasteiger partial charge < -0.3 is 10.6 Å². The number of hydrogen-bond donors (Lipinski definition) is 2. The fourth-order valence-electron chi connectivity index (χ4n) is 4.29. The molecule has 0 spiro atoms. The minimum atomic E-state index is -4.67. The number of likely N-dealkylation sites (tertiary alicyclic amines) is 1. The third-order valence-corrected chi connectivity index (χ3v) is 8.32. The number of amides is 2. The standard InChI is InChI=1S/C25H29ClF3N3O4S/c1-3-37(35,36)23-7-6-21(26)10-20(23)13-31-24(34)18-4-5-19(22(11-18)25(27,28)29)15-32-9-8-17(14-32)12-30-16(2)33/h4-7,10-11,17H,3,8-9,12-15H2,1-2H3,(H,30,33)(H,31,34). The Labute approximate surface area is 219 Å². The maximum Gasteiger partial charge on any atom is 0.416 e. The summed E-state index contributed by atoms with van der Waals surface area (Å²) in [4.78, 5) is 25.8. The fraction of sp³-hybridized carbons (Fsp3) is 0.440. The summed E-state index contributed by atoms with van der Waals surface area (Å²) in [6.45, 7) is 4.38. The van der Waals surface area contributed by atoms with E-state index in [1.165, 1.54) is 44.2 Å². The highest BCUT2D eigenvalue weighted by atomic mass is 35.5. The lowest BCUT2D eigenvalue weighted by Crippen LogP contribution is -2.29. The number of alkyl halides is 3. The summed E-state index contributed by atoms with van der Waals surface area (Å²) < 4.78 is 66.4. The van der Waals surface area contributed by atoms with E-state index < -0.39 is 27.5 Å². The normalized spacial score (nSPS) is 16.5. The topological polar surface area (TPSA) is 95.6 Å². The quantitative estimate of drug-likeness (QED) is 0.483. The fourth-order valence-corrected chi connectivity index (χ4v) is 5.61. The molecule has 0 saturated carbocycles. The Hall–Kier alpha value is -2.63. The first-order valence-electron chi connectivity index (χ1n) is 11.8. The van der Waals surface area contributed by atoms with Gasteiger partial charge in [0.2, 0.25) is 5.91 Å². The van der Waals surface area contributed by atoms with Crippen molar-refractivity contribution >= 4 is 33.3 Å². The Balaban J connectivity index is 1.75. The van der Waals surface area contributed by atoms with Gasteiger partial charge >= 0.3 is 6.18 Å². The summed E-state index contributed by atoms with van der Waals surface area (Å²) in [5.41, 5.74) is -0.793. The Morgan fingerprint density at radius 3 is 2.49 bits per heavy atom. The number of hydrogen-bond acceptors (Lipinski definition) is 5. The number of carbonyl (C=O) groups excluding carboxylic acids is 2. The van der Waals surface area contributed by atoms with Crippen molar-refractivity contribution in [1.82, 2.24) is 15.5 Å². The van der Waals surface area contributed by atoms with Crippen LogP contribution in [0.3, 0.4) is 0 Å². The van der Waals surface area contributed by atoms with Crippen LogP contribution >= 0.6 is 11.6 Å².